The maximum Gasteiger partial charge on any atom is 0.471 e. The average Bonchev–Trinajstić information content (AvgIpc) is 3.29. The molecule has 1 fully saturated rings. The summed E-state index contributed by atoms with van der Waals surface area (Å²) in [7, 11) is 0. The quantitative estimate of drug-likeness (QED) is 0.593. The number of anilines is 2. The second-order valence-electron chi connectivity index (χ2n) is 6.52. The molecule has 3 aromatic rings. The van der Waals surface area contributed by atoms with Crippen molar-refractivity contribution >= 4 is 11.9 Å². The normalized spacial score (nSPS) is 14.4. The molecule has 1 aliphatic rings. The number of hydrogen-bond acceptors (Lipinski definition) is 10. The van der Waals surface area contributed by atoms with Crippen molar-refractivity contribution in [3.05, 3.63) is 47.9 Å². The van der Waals surface area contributed by atoms with E-state index in [1.165, 1.54) is 18.6 Å². The third-order valence-corrected chi connectivity index (χ3v) is 4.54. The molecule has 1 saturated heterocycles. The van der Waals surface area contributed by atoms with Crippen molar-refractivity contribution in [3.8, 4) is 11.8 Å². The molecule has 13 heteroatoms. The molecule has 0 aromatic carbocycles. The summed E-state index contributed by atoms with van der Waals surface area (Å²) in [5, 5.41) is 12.5. The number of nitriles is 1. The number of alkyl halides is 3. The number of piperazine rings is 1. The van der Waals surface area contributed by atoms with Crippen LogP contribution in [-0.2, 0) is 12.8 Å². The lowest BCUT2D eigenvalue weighted by atomic mass is 10.2. The van der Waals surface area contributed by atoms with Gasteiger partial charge in [0.05, 0.1) is 18.0 Å². The number of halogens is 3. The molecule has 4 rings (SSSR count). The summed E-state index contributed by atoms with van der Waals surface area (Å²) >= 11 is 0. The van der Waals surface area contributed by atoms with E-state index in [0.29, 0.717) is 49.0 Å². The van der Waals surface area contributed by atoms with Crippen LogP contribution in [0.3, 0.4) is 0 Å². The minimum atomic E-state index is -4.67. The molecule has 4 heterocycles. The Morgan fingerprint density at radius 3 is 2.35 bits per heavy atom. The second-order valence-corrected chi connectivity index (χ2v) is 6.52. The molecule has 160 valence electrons. The minimum Gasteiger partial charge on any atom is -0.486 e. The van der Waals surface area contributed by atoms with Crippen LogP contribution >= 0.6 is 0 Å². The molecule has 0 bridgehead atoms. The molecule has 3 aromatic heterocycles. The van der Waals surface area contributed by atoms with Crippen molar-refractivity contribution in [1.82, 2.24) is 25.1 Å². The fraction of sp³-hybridized carbons (Fsp3) is 0.333. The van der Waals surface area contributed by atoms with Crippen LogP contribution in [0.4, 0.5) is 25.1 Å². The molecule has 0 atom stereocenters. The lowest BCUT2D eigenvalue weighted by Gasteiger charge is -2.33. The van der Waals surface area contributed by atoms with E-state index >= 15 is 0 Å². The van der Waals surface area contributed by atoms with Crippen LogP contribution in [0.1, 0.15) is 17.0 Å². The van der Waals surface area contributed by atoms with E-state index in [1.54, 1.807) is 17.2 Å². The Morgan fingerprint density at radius 1 is 1.06 bits per heavy atom. The van der Waals surface area contributed by atoms with Gasteiger partial charge < -0.3 is 19.1 Å². The topological polar surface area (TPSA) is 117 Å². The molecular formula is C18H15F3N8O2. The molecule has 1 aliphatic heterocycles. The third-order valence-electron chi connectivity index (χ3n) is 4.54. The van der Waals surface area contributed by atoms with E-state index in [2.05, 4.69) is 35.7 Å². The molecule has 0 radical (unpaired) electrons. The highest BCUT2D eigenvalue weighted by Crippen LogP contribution is 2.29. The third kappa shape index (κ3) is 4.63. The first-order chi connectivity index (χ1) is 14.9. The van der Waals surface area contributed by atoms with E-state index in [-0.39, 0.29) is 12.6 Å². The van der Waals surface area contributed by atoms with Gasteiger partial charge in [-0.15, -0.1) is 0 Å². The Bertz CT molecular complexity index is 1070. The number of ether oxygens (including phenoxy) is 1. The highest BCUT2D eigenvalue weighted by molar-refractivity contribution is 5.38. The number of pyridine rings is 1. The van der Waals surface area contributed by atoms with E-state index < -0.39 is 12.1 Å². The molecule has 0 unspecified atom stereocenters. The van der Waals surface area contributed by atoms with Crippen molar-refractivity contribution in [2.45, 2.75) is 12.8 Å². The van der Waals surface area contributed by atoms with Crippen LogP contribution in [0.2, 0.25) is 0 Å². The van der Waals surface area contributed by atoms with Crippen LogP contribution in [0.15, 0.2) is 35.4 Å². The number of nitrogens with zero attached hydrogens (tertiary/aromatic N) is 8. The summed E-state index contributed by atoms with van der Waals surface area (Å²) in [6, 6.07) is 3.76. The Balaban J connectivity index is 1.32. The van der Waals surface area contributed by atoms with Crippen LogP contribution in [0.25, 0.3) is 0 Å². The van der Waals surface area contributed by atoms with Gasteiger partial charge in [0.15, 0.2) is 5.75 Å². The van der Waals surface area contributed by atoms with Gasteiger partial charge in [-0.25, -0.2) is 9.97 Å². The monoisotopic (exact) mass is 432 g/mol. The lowest BCUT2D eigenvalue weighted by molar-refractivity contribution is -0.159. The molecule has 0 amide bonds. The molecule has 0 aliphatic carbocycles. The van der Waals surface area contributed by atoms with Gasteiger partial charge in [-0.1, -0.05) is 0 Å². The second kappa shape index (κ2) is 8.42. The maximum atomic E-state index is 12.6. The Kier molecular flexibility index (Phi) is 5.52. The maximum absolute atomic E-state index is 12.6. The predicted octanol–water partition coefficient (Wildman–Crippen LogP) is 2.05. The number of rotatable bonds is 5. The first kappa shape index (κ1) is 20.3. The number of aromatic nitrogens is 5. The predicted molar refractivity (Wildman–Crippen MR) is 99.0 cm³/mol. The van der Waals surface area contributed by atoms with Crippen molar-refractivity contribution in [2.75, 3.05) is 36.0 Å². The zero-order valence-electron chi connectivity index (χ0n) is 16.0. The highest BCUT2D eigenvalue weighted by atomic mass is 19.4. The van der Waals surface area contributed by atoms with Crippen molar-refractivity contribution in [3.63, 3.8) is 0 Å². The van der Waals surface area contributed by atoms with Crippen LogP contribution in [0, 0.1) is 11.3 Å². The van der Waals surface area contributed by atoms with Gasteiger partial charge in [-0.05, 0) is 11.2 Å². The summed E-state index contributed by atoms with van der Waals surface area (Å²) in [6.45, 7) is 1.89. The Morgan fingerprint density at radius 2 is 1.74 bits per heavy atom. The average molecular weight is 432 g/mol. The SMILES string of the molecule is N#Cc1cnccc1COc1cnc(N2CCN(c3noc(C(F)(F)F)n3)CC2)nc1. The molecule has 0 N–H and O–H groups in total. The van der Waals surface area contributed by atoms with Gasteiger partial charge in [0.25, 0.3) is 5.95 Å². The zero-order chi connectivity index (χ0) is 21.8. The standard InChI is InChI=1S/C18H15F3N8O2/c19-18(20,21)15-26-17(27-31-15)29-5-3-28(4-6-29)16-24-9-14(10-25-16)30-11-12-1-2-23-8-13(12)7-22/h1-2,8-10H,3-6,11H2. The van der Waals surface area contributed by atoms with Gasteiger partial charge in [0, 0.05) is 44.1 Å². The van der Waals surface area contributed by atoms with Crippen LogP contribution < -0.4 is 14.5 Å². The molecule has 10 nitrogen and oxygen atoms in total. The van der Waals surface area contributed by atoms with Gasteiger partial charge in [-0.3, -0.25) is 4.98 Å². The number of hydrogen-bond donors (Lipinski definition) is 0. The Hall–Kier alpha value is -3.95. The summed E-state index contributed by atoms with van der Waals surface area (Å²) < 4.78 is 47.7. The van der Waals surface area contributed by atoms with Gasteiger partial charge in [-0.2, -0.15) is 23.4 Å². The zero-order valence-corrected chi connectivity index (χ0v) is 16.0. The fourth-order valence-electron chi connectivity index (χ4n) is 2.92. The minimum absolute atomic E-state index is 0.0931. The van der Waals surface area contributed by atoms with E-state index in [1.807, 2.05) is 4.90 Å². The molecule has 31 heavy (non-hydrogen) atoms. The smallest absolute Gasteiger partial charge is 0.471 e. The van der Waals surface area contributed by atoms with E-state index in [0.717, 1.165) is 0 Å². The van der Waals surface area contributed by atoms with Crippen molar-refractivity contribution in [2.24, 2.45) is 0 Å². The van der Waals surface area contributed by atoms with Crippen LogP contribution in [-0.4, -0.2) is 51.3 Å². The van der Waals surface area contributed by atoms with Gasteiger partial charge in [0.1, 0.15) is 12.7 Å². The largest absolute Gasteiger partial charge is 0.486 e. The molecular weight excluding hydrogens is 417 g/mol. The fourth-order valence-corrected chi connectivity index (χ4v) is 2.92. The highest BCUT2D eigenvalue weighted by Gasteiger charge is 2.39. The first-order valence-corrected chi connectivity index (χ1v) is 9.12. The molecule has 0 saturated carbocycles. The van der Waals surface area contributed by atoms with E-state index in [4.69, 9.17) is 10.00 Å². The van der Waals surface area contributed by atoms with Crippen LogP contribution in [0.5, 0.6) is 5.75 Å². The summed E-state index contributed by atoms with van der Waals surface area (Å²) in [5.41, 5.74) is 1.13. The Labute approximate surface area is 173 Å². The van der Waals surface area contributed by atoms with Gasteiger partial charge >= 0.3 is 12.1 Å². The van der Waals surface area contributed by atoms with Crippen molar-refractivity contribution in [1.29, 1.82) is 5.26 Å². The molecule has 0 spiro atoms. The summed E-state index contributed by atoms with van der Waals surface area (Å²) in [6.07, 6.45) is 1.43. The summed E-state index contributed by atoms with van der Waals surface area (Å²) in [4.78, 5) is 19.4. The lowest BCUT2D eigenvalue weighted by Crippen LogP contribution is -2.47. The summed E-state index contributed by atoms with van der Waals surface area (Å²) in [5.74, 6) is -0.547. The first-order valence-electron chi connectivity index (χ1n) is 9.12. The van der Waals surface area contributed by atoms with E-state index in [9.17, 15) is 13.2 Å². The van der Waals surface area contributed by atoms with Crippen molar-refractivity contribution < 1.29 is 22.4 Å². The van der Waals surface area contributed by atoms with Gasteiger partial charge in [0.2, 0.25) is 5.95 Å².